The molecule has 2 rings (SSSR count). The first kappa shape index (κ1) is 15.1. The van der Waals surface area contributed by atoms with Crippen molar-refractivity contribution in [1.82, 2.24) is 30.0 Å². The lowest BCUT2D eigenvalue weighted by Gasteiger charge is -2.26. The lowest BCUT2D eigenvalue weighted by Crippen LogP contribution is -2.35. The van der Waals surface area contributed by atoms with Gasteiger partial charge in [-0.15, -0.1) is 5.10 Å². The van der Waals surface area contributed by atoms with Crippen molar-refractivity contribution in [2.75, 3.05) is 0 Å². The highest BCUT2D eigenvalue weighted by Crippen LogP contribution is 2.30. The second kappa shape index (κ2) is 5.63. The molecule has 0 unspecified atom stereocenters. The van der Waals surface area contributed by atoms with Crippen LogP contribution in [0.5, 0.6) is 0 Å². The molecule has 0 bridgehead atoms. The number of hydrogen-bond acceptors (Lipinski definition) is 5. The molecule has 114 valence electrons. The van der Waals surface area contributed by atoms with Crippen molar-refractivity contribution in [2.24, 2.45) is 12.5 Å². The quantitative estimate of drug-likeness (QED) is 0.861. The van der Waals surface area contributed by atoms with E-state index in [1.54, 1.807) is 9.36 Å². The van der Waals surface area contributed by atoms with Crippen LogP contribution >= 0.6 is 0 Å². The molecule has 0 aliphatic carbocycles. The normalized spacial score (nSPS) is 11.8. The van der Waals surface area contributed by atoms with Gasteiger partial charge in [-0.3, -0.25) is 9.48 Å². The van der Waals surface area contributed by atoms with E-state index < -0.39 is 11.4 Å². The number of aliphatic carboxylic acids is 1. The van der Waals surface area contributed by atoms with Gasteiger partial charge >= 0.3 is 5.97 Å². The Morgan fingerprint density at radius 1 is 1.38 bits per heavy atom. The number of tetrazole rings is 1. The minimum Gasteiger partial charge on any atom is -0.481 e. The van der Waals surface area contributed by atoms with Crippen molar-refractivity contribution in [3.05, 3.63) is 11.8 Å². The van der Waals surface area contributed by atoms with E-state index in [0.717, 1.165) is 11.4 Å². The fraction of sp³-hybridized carbons (Fsp3) is 0.615. The number of rotatable bonds is 6. The largest absolute Gasteiger partial charge is 0.481 e. The third-order valence-electron chi connectivity index (χ3n) is 4.02. The van der Waals surface area contributed by atoms with Gasteiger partial charge in [0.15, 0.2) is 5.82 Å². The second-order valence-electron chi connectivity index (χ2n) is 5.25. The first-order chi connectivity index (χ1) is 9.93. The number of aryl methyl sites for hydroxylation is 2. The van der Waals surface area contributed by atoms with Gasteiger partial charge in [0.2, 0.25) is 0 Å². The Labute approximate surface area is 122 Å². The predicted molar refractivity (Wildman–Crippen MR) is 75.4 cm³/mol. The van der Waals surface area contributed by atoms with Crippen LogP contribution in [0.1, 0.15) is 32.4 Å². The first-order valence-electron chi connectivity index (χ1n) is 6.94. The number of hydrogen-bond donors (Lipinski definition) is 1. The molecule has 2 heterocycles. The van der Waals surface area contributed by atoms with E-state index in [-0.39, 0.29) is 6.54 Å². The van der Waals surface area contributed by atoms with Crippen molar-refractivity contribution < 1.29 is 9.90 Å². The van der Waals surface area contributed by atoms with E-state index in [0.29, 0.717) is 18.7 Å². The minimum atomic E-state index is -0.863. The molecule has 0 saturated heterocycles. The molecule has 8 heteroatoms. The van der Waals surface area contributed by atoms with Crippen LogP contribution in [0.25, 0.3) is 11.5 Å². The summed E-state index contributed by atoms with van der Waals surface area (Å²) in [5.74, 6) is -0.291. The summed E-state index contributed by atoms with van der Waals surface area (Å²) in [5.41, 5.74) is 0.763. The molecule has 1 N–H and O–H groups in total. The predicted octanol–water partition coefficient (Wildman–Crippen LogP) is 1.27. The lowest BCUT2D eigenvalue weighted by atomic mass is 9.82. The first-order valence-corrected chi connectivity index (χ1v) is 6.94. The fourth-order valence-electron chi connectivity index (χ4n) is 2.44. The summed E-state index contributed by atoms with van der Waals surface area (Å²) in [4.78, 5) is 11.6. The van der Waals surface area contributed by atoms with Gasteiger partial charge in [0.25, 0.3) is 0 Å². The molecule has 0 amide bonds. The summed E-state index contributed by atoms with van der Waals surface area (Å²) in [6.45, 7) is 5.87. The molecule has 21 heavy (non-hydrogen) atoms. The van der Waals surface area contributed by atoms with Crippen molar-refractivity contribution in [2.45, 2.75) is 40.2 Å². The van der Waals surface area contributed by atoms with Gasteiger partial charge in [-0.2, -0.15) is 5.10 Å². The molecule has 0 aliphatic rings. The number of carbonyl (C=O) groups is 1. The zero-order chi connectivity index (χ0) is 15.6. The fourth-order valence-corrected chi connectivity index (χ4v) is 2.44. The number of carboxylic acid groups (broad SMARTS) is 1. The van der Waals surface area contributed by atoms with E-state index in [4.69, 9.17) is 0 Å². The molecule has 0 aliphatic heterocycles. The van der Waals surface area contributed by atoms with E-state index in [9.17, 15) is 9.90 Å². The van der Waals surface area contributed by atoms with Crippen LogP contribution in [0, 0.1) is 12.3 Å². The Morgan fingerprint density at radius 3 is 2.52 bits per heavy atom. The Balaban J connectivity index is 2.41. The maximum absolute atomic E-state index is 11.6. The third-order valence-corrected chi connectivity index (χ3v) is 4.02. The molecular formula is C13H20N6O2. The molecule has 2 aromatic heterocycles. The lowest BCUT2D eigenvalue weighted by molar-refractivity contribution is -0.150. The van der Waals surface area contributed by atoms with E-state index in [1.165, 1.54) is 0 Å². The Hall–Kier alpha value is -2.25. The highest BCUT2D eigenvalue weighted by Gasteiger charge is 2.36. The van der Waals surface area contributed by atoms with Crippen LogP contribution in [0.2, 0.25) is 0 Å². The van der Waals surface area contributed by atoms with Crippen LogP contribution in [0.15, 0.2) is 6.07 Å². The van der Waals surface area contributed by atoms with Crippen LogP contribution in [0.3, 0.4) is 0 Å². The van der Waals surface area contributed by atoms with E-state index in [1.807, 2.05) is 33.9 Å². The smallest absolute Gasteiger partial charge is 0.311 e. The topological polar surface area (TPSA) is 98.7 Å². The number of carboxylic acids is 1. The number of nitrogens with zero attached hydrogens (tertiary/aromatic N) is 6. The van der Waals surface area contributed by atoms with Crippen molar-refractivity contribution in [3.63, 3.8) is 0 Å². The van der Waals surface area contributed by atoms with Crippen molar-refractivity contribution in [1.29, 1.82) is 0 Å². The standard InChI is InChI=1S/C13H20N6O2/c1-5-13(6-2,12(20)21)8-19-11(14-16-17-19)10-7-9(3)15-18(10)4/h7H,5-6,8H2,1-4H3,(H,20,21). The summed E-state index contributed by atoms with van der Waals surface area (Å²) in [7, 11) is 1.81. The van der Waals surface area contributed by atoms with Gasteiger partial charge in [0, 0.05) is 7.05 Å². The maximum Gasteiger partial charge on any atom is 0.311 e. The molecule has 0 saturated carbocycles. The van der Waals surface area contributed by atoms with Gasteiger partial charge in [-0.05, 0) is 36.3 Å². The van der Waals surface area contributed by atoms with Crippen LogP contribution in [0.4, 0.5) is 0 Å². The molecular weight excluding hydrogens is 272 g/mol. The molecule has 0 fully saturated rings. The molecule has 0 radical (unpaired) electrons. The molecule has 8 nitrogen and oxygen atoms in total. The van der Waals surface area contributed by atoms with Gasteiger partial charge in [-0.1, -0.05) is 13.8 Å². The van der Waals surface area contributed by atoms with E-state index >= 15 is 0 Å². The molecule has 0 spiro atoms. The van der Waals surface area contributed by atoms with Gasteiger partial charge in [0.1, 0.15) is 5.69 Å². The summed E-state index contributed by atoms with van der Waals surface area (Å²) in [6.07, 6.45) is 1.03. The van der Waals surface area contributed by atoms with E-state index in [2.05, 4.69) is 20.6 Å². The van der Waals surface area contributed by atoms with Crippen molar-refractivity contribution in [3.8, 4) is 11.5 Å². The van der Waals surface area contributed by atoms with Crippen LogP contribution in [-0.2, 0) is 18.4 Å². The molecule has 0 aromatic carbocycles. The van der Waals surface area contributed by atoms with Crippen LogP contribution < -0.4 is 0 Å². The monoisotopic (exact) mass is 292 g/mol. The summed E-state index contributed by atoms with van der Waals surface area (Å²) < 4.78 is 3.25. The van der Waals surface area contributed by atoms with Gasteiger partial charge in [0.05, 0.1) is 17.7 Å². The van der Waals surface area contributed by atoms with Gasteiger partial charge < -0.3 is 5.11 Å². The highest BCUT2D eigenvalue weighted by atomic mass is 16.4. The van der Waals surface area contributed by atoms with Gasteiger partial charge in [-0.25, -0.2) is 4.68 Å². The Kier molecular flexibility index (Phi) is 4.06. The zero-order valence-corrected chi connectivity index (χ0v) is 12.7. The Morgan fingerprint density at radius 2 is 2.05 bits per heavy atom. The zero-order valence-electron chi connectivity index (χ0n) is 12.7. The molecule has 2 aromatic rings. The minimum absolute atomic E-state index is 0.238. The average molecular weight is 292 g/mol. The average Bonchev–Trinajstić information content (AvgIpc) is 3.01. The SMILES string of the molecule is CCC(CC)(Cn1nnnc1-c1cc(C)nn1C)C(=O)O. The third kappa shape index (κ3) is 2.65. The summed E-state index contributed by atoms with van der Waals surface area (Å²) >= 11 is 0. The number of aromatic nitrogens is 6. The Bertz CT molecular complexity index is 641. The highest BCUT2D eigenvalue weighted by molar-refractivity contribution is 5.74. The summed E-state index contributed by atoms with van der Waals surface area (Å²) in [5, 5.41) is 25.5. The van der Waals surface area contributed by atoms with Crippen molar-refractivity contribution >= 4 is 5.97 Å². The molecule has 0 atom stereocenters. The van der Waals surface area contributed by atoms with Crippen LogP contribution in [-0.4, -0.2) is 41.1 Å². The second-order valence-corrected chi connectivity index (χ2v) is 5.25. The summed E-state index contributed by atoms with van der Waals surface area (Å²) in [6, 6.07) is 1.88. The maximum atomic E-state index is 11.6.